The van der Waals surface area contributed by atoms with Gasteiger partial charge in [-0.1, -0.05) is 136 Å². The highest BCUT2D eigenvalue weighted by molar-refractivity contribution is 7.00. The summed E-state index contributed by atoms with van der Waals surface area (Å²) in [5, 5.41) is 2.70. The van der Waals surface area contributed by atoms with Crippen molar-refractivity contribution in [1.29, 1.82) is 0 Å². The van der Waals surface area contributed by atoms with Gasteiger partial charge < -0.3 is 14.4 Å². The first-order valence-electron chi connectivity index (χ1n) is 21.0. The Morgan fingerprint density at radius 2 is 1.20 bits per heavy atom. The van der Waals surface area contributed by atoms with Crippen molar-refractivity contribution in [3.8, 4) is 5.69 Å². The highest BCUT2D eigenvalue weighted by atomic mass is 15.3. The first-order valence-corrected chi connectivity index (χ1v) is 21.0. The first kappa shape index (κ1) is 31.0. The Balaban J connectivity index is 1.19. The molecule has 4 unspecified atom stereocenters. The summed E-state index contributed by atoms with van der Waals surface area (Å²) in [6.45, 7) is 7.95. The molecule has 2 fully saturated rings. The van der Waals surface area contributed by atoms with Gasteiger partial charge in [-0.25, -0.2) is 0 Å². The fraction of sp³-hybridized carbons (Fsp3) is 0.294. The van der Waals surface area contributed by atoms with E-state index in [1.54, 1.807) is 0 Å². The highest BCUT2D eigenvalue weighted by Crippen LogP contribution is 2.65. The van der Waals surface area contributed by atoms with Crippen LogP contribution >= 0.6 is 0 Å². The van der Waals surface area contributed by atoms with Gasteiger partial charge in [-0.05, 0) is 96.9 Å². The van der Waals surface area contributed by atoms with Gasteiger partial charge in [0, 0.05) is 55.6 Å². The lowest BCUT2D eigenvalue weighted by Crippen LogP contribution is -2.64. The SMILES string of the molecule is CC12CCCCC1(C)N(c1cc3c4c(c1)-n1c5ccccc5c5cccc(c51)B4c1cccc4c1N3C1(C)CCCCC41c1ccccc1)c1ccccc12. The van der Waals surface area contributed by atoms with E-state index in [-0.39, 0.29) is 28.6 Å². The number of hydrogen-bond acceptors (Lipinski definition) is 2. The number of hydrogen-bond donors (Lipinski definition) is 0. The van der Waals surface area contributed by atoms with E-state index >= 15 is 0 Å². The largest absolute Gasteiger partial charge is 0.335 e. The average Bonchev–Trinajstić information content (AvgIpc) is 3.77. The van der Waals surface area contributed by atoms with Crippen LogP contribution in [-0.2, 0) is 10.8 Å². The minimum Gasteiger partial charge on any atom is -0.335 e. The van der Waals surface area contributed by atoms with Crippen LogP contribution in [0.3, 0.4) is 0 Å². The van der Waals surface area contributed by atoms with E-state index in [2.05, 4.69) is 163 Å². The van der Waals surface area contributed by atoms with Crippen LogP contribution in [0.4, 0.5) is 22.7 Å². The molecule has 0 N–H and O–H groups in total. The molecule has 0 spiro atoms. The van der Waals surface area contributed by atoms with Gasteiger partial charge in [0.05, 0.1) is 16.6 Å². The number of anilines is 4. The van der Waals surface area contributed by atoms with Crippen LogP contribution in [0, 0.1) is 0 Å². The minimum atomic E-state index is -0.125. The molecule has 3 nitrogen and oxygen atoms in total. The second kappa shape index (κ2) is 10.1. The maximum atomic E-state index is 2.92. The number of para-hydroxylation sites is 4. The van der Waals surface area contributed by atoms with E-state index in [1.807, 2.05) is 0 Å². The van der Waals surface area contributed by atoms with Crippen molar-refractivity contribution < 1.29 is 0 Å². The zero-order valence-corrected chi connectivity index (χ0v) is 32.2. The Kier molecular flexibility index (Phi) is 5.73. The molecule has 4 aliphatic heterocycles. The van der Waals surface area contributed by atoms with Crippen molar-refractivity contribution in [1.82, 2.24) is 4.57 Å². The Bertz CT molecular complexity index is 2820. The zero-order valence-electron chi connectivity index (χ0n) is 32.2. The summed E-state index contributed by atoms with van der Waals surface area (Å²) in [7, 11) is 0. The van der Waals surface area contributed by atoms with Crippen LogP contribution in [0.25, 0.3) is 27.5 Å². The van der Waals surface area contributed by atoms with Crippen molar-refractivity contribution in [2.24, 2.45) is 0 Å². The van der Waals surface area contributed by atoms with E-state index in [1.165, 1.54) is 128 Å². The third kappa shape index (κ3) is 3.34. The summed E-state index contributed by atoms with van der Waals surface area (Å²) in [4.78, 5) is 5.74. The van der Waals surface area contributed by atoms with Crippen LogP contribution in [0.5, 0.6) is 0 Å². The lowest BCUT2D eigenvalue weighted by molar-refractivity contribution is 0.195. The molecule has 0 amide bonds. The number of rotatable bonds is 2. The Labute approximate surface area is 324 Å². The van der Waals surface area contributed by atoms with Gasteiger partial charge in [-0.2, -0.15) is 0 Å². The Morgan fingerprint density at radius 3 is 2.09 bits per heavy atom. The molecule has 55 heavy (non-hydrogen) atoms. The third-order valence-corrected chi connectivity index (χ3v) is 16.4. The minimum absolute atomic E-state index is 0.0266. The van der Waals surface area contributed by atoms with E-state index in [9.17, 15) is 0 Å². The first-order chi connectivity index (χ1) is 26.9. The molecule has 0 bridgehead atoms. The smallest absolute Gasteiger partial charge is 0.252 e. The van der Waals surface area contributed by atoms with Gasteiger partial charge in [0.25, 0.3) is 6.71 Å². The Morgan fingerprint density at radius 1 is 0.527 bits per heavy atom. The van der Waals surface area contributed by atoms with Crippen LogP contribution in [0.1, 0.15) is 88.8 Å². The molecule has 5 heterocycles. The molecule has 268 valence electrons. The third-order valence-electron chi connectivity index (χ3n) is 16.4. The molecule has 0 radical (unpaired) electrons. The van der Waals surface area contributed by atoms with Gasteiger partial charge in [0.15, 0.2) is 0 Å². The summed E-state index contributed by atoms with van der Waals surface area (Å²) >= 11 is 0. The predicted molar refractivity (Wildman–Crippen MR) is 231 cm³/mol. The number of nitrogens with zero attached hydrogens (tertiary/aromatic N) is 3. The van der Waals surface area contributed by atoms with E-state index < -0.39 is 0 Å². The average molecular weight is 712 g/mol. The highest BCUT2D eigenvalue weighted by Gasteiger charge is 2.64. The van der Waals surface area contributed by atoms with Crippen molar-refractivity contribution >= 4 is 67.7 Å². The van der Waals surface area contributed by atoms with E-state index in [4.69, 9.17) is 0 Å². The van der Waals surface area contributed by atoms with Crippen molar-refractivity contribution in [3.63, 3.8) is 0 Å². The van der Waals surface area contributed by atoms with E-state index in [0.29, 0.717) is 0 Å². The summed E-state index contributed by atoms with van der Waals surface area (Å²) in [5.41, 5.74) is 18.5. The zero-order chi connectivity index (χ0) is 36.5. The number of aromatic nitrogens is 1. The molecule has 1 aromatic heterocycles. The molecule has 13 rings (SSSR count). The second-order valence-electron chi connectivity index (χ2n) is 18.4. The molecule has 0 saturated heterocycles. The van der Waals surface area contributed by atoms with Gasteiger partial charge in [0.2, 0.25) is 0 Å². The van der Waals surface area contributed by atoms with Gasteiger partial charge in [0.1, 0.15) is 0 Å². The summed E-state index contributed by atoms with van der Waals surface area (Å²) in [6.07, 6.45) is 9.82. The maximum absolute atomic E-state index is 2.92. The summed E-state index contributed by atoms with van der Waals surface area (Å²) < 4.78 is 2.67. The maximum Gasteiger partial charge on any atom is 0.252 e. The standard InChI is InChI=1S/C51H46BN3/c1-48-27-11-12-28-49(48,2)54(42-26-10-8-21-37(42)48)34-31-43-45-44(32-34)55-47-38(51(33-17-5-4-6-18-33)30-14-13-29-50(51,55)3)22-16-24-40(47)52(45)39-23-15-20-36-35-19-7-9-25-41(35)53(43)46(36)39/h4-10,15-26,31-32H,11-14,27-30H2,1-3H3. The molecule has 4 heteroatoms. The number of fused-ring (bicyclic) bond motifs is 13. The molecular formula is C51H46BN3. The quantitative estimate of drug-likeness (QED) is 0.165. The van der Waals surface area contributed by atoms with Crippen LogP contribution < -0.4 is 26.2 Å². The Hall–Kier alpha value is -5.22. The normalized spacial score (nSPS) is 27.9. The van der Waals surface area contributed by atoms with E-state index in [0.717, 1.165) is 6.42 Å². The fourth-order valence-corrected chi connectivity index (χ4v) is 13.9. The van der Waals surface area contributed by atoms with Crippen LogP contribution in [0.2, 0.25) is 0 Å². The summed E-state index contributed by atoms with van der Waals surface area (Å²) in [5.74, 6) is 0. The lowest BCUT2D eigenvalue weighted by atomic mass is 9.33. The molecule has 6 aliphatic rings. The molecule has 6 aromatic carbocycles. The van der Waals surface area contributed by atoms with Crippen molar-refractivity contribution in [3.05, 3.63) is 144 Å². The number of benzene rings is 6. The lowest BCUT2D eigenvalue weighted by Gasteiger charge is -2.54. The van der Waals surface area contributed by atoms with Crippen molar-refractivity contribution in [2.45, 2.75) is 94.0 Å². The second-order valence-corrected chi connectivity index (χ2v) is 18.4. The predicted octanol–water partition coefficient (Wildman–Crippen LogP) is 10.4. The summed E-state index contributed by atoms with van der Waals surface area (Å²) in [6, 6.07) is 50.0. The van der Waals surface area contributed by atoms with Crippen LogP contribution in [-0.4, -0.2) is 22.4 Å². The molecule has 2 aliphatic carbocycles. The molecule has 4 atom stereocenters. The molecule has 2 saturated carbocycles. The van der Waals surface area contributed by atoms with Crippen LogP contribution in [0.15, 0.2) is 127 Å². The fourth-order valence-electron chi connectivity index (χ4n) is 13.9. The molecule has 7 aromatic rings. The topological polar surface area (TPSA) is 11.4 Å². The van der Waals surface area contributed by atoms with Gasteiger partial charge in [-0.15, -0.1) is 0 Å². The monoisotopic (exact) mass is 711 g/mol. The van der Waals surface area contributed by atoms with Crippen molar-refractivity contribution in [2.75, 3.05) is 9.80 Å². The van der Waals surface area contributed by atoms with Gasteiger partial charge in [-0.3, -0.25) is 0 Å². The molecular weight excluding hydrogens is 665 g/mol. The van der Waals surface area contributed by atoms with Gasteiger partial charge >= 0.3 is 0 Å².